The summed E-state index contributed by atoms with van der Waals surface area (Å²) in [5, 5.41) is 1.08. The number of nitrogens with zero attached hydrogens (tertiary/aromatic N) is 2. The minimum absolute atomic E-state index is 0.771. The number of aryl methyl sites for hydroxylation is 2. The van der Waals surface area contributed by atoms with Crippen molar-refractivity contribution in [1.29, 1.82) is 0 Å². The van der Waals surface area contributed by atoms with E-state index in [0.29, 0.717) is 0 Å². The molecule has 0 unspecified atom stereocenters. The van der Waals surface area contributed by atoms with Crippen LogP contribution in [0.1, 0.15) is 29.1 Å². The molecule has 1 aliphatic rings. The Balaban J connectivity index is 2.14. The third-order valence-electron chi connectivity index (χ3n) is 3.38. The van der Waals surface area contributed by atoms with E-state index in [1.807, 2.05) is 0 Å². The normalized spacial score (nSPS) is 15.5. The molecule has 0 saturated heterocycles. The molecule has 3 N–H and O–H groups in total. The van der Waals surface area contributed by atoms with Crippen LogP contribution in [0.3, 0.4) is 0 Å². The molecule has 1 saturated carbocycles. The number of nitrogens with two attached hydrogens (primary N) is 1. The van der Waals surface area contributed by atoms with Gasteiger partial charge in [0.2, 0.25) is 0 Å². The molecule has 1 fully saturated rings. The molecule has 90 valence electrons. The van der Waals surface area contributed by atoms with E-state index in [1.54, 1.807) is 11.3 Å². The Morgan fingerprint density at radius 1 is 1.35 bits per heavy atom. The molecule has 0 spiro atoms. The molecule has 0 amide bonds. The topological polar surface area (TPSA) is 63.8 Å². The van der Waals surface area contributed by atoms with Crippen LogP contribution < -0.4 is 11.3 Å². The summed E-state index contributed by atoms with van der Waals surface area (Å²) in [6, 6.07) is 0. The number of aromatic nitrogens is 2. The first-order valence-corrected chi connectivity index (χ1v) is 6.74. The monoisotopic (exact) mass is 248 g/mol. The van der Waals surface area contributed by atoms with Gasteiger partial charge in [-0.3, -0.25) is 0 Å². The zero-order valence-electron chi connectivity index (χ0n) is 10.1. The van der Waals surface area contributed by atoms with Gasteiger partial charge in [-0.1, -0.05) is 0 Å². The van der Waals surface area contributed by atoms with Gasteiger partial charge in [0, 0.05) is 11.3 Å². The summed E-state index contributed by atoms with van der Waals surface area (Å²) in [4.78, 5) is 11.5. The second-order valence-electron chi connectivity index (χ2n) is 4.74. The SMILES string of the molecule is Cc1sc2nc(CC3CC3)nc(NN)c2c1C. The molecule has 0 bridgehead atoms. The predicted molar refractivity (Wildman–Crippen MR) is 71.1 cm³/mol. The molecular formula is C12H16N4S. The number of thiophene rings is 1. The first-order valence-electron chi connectivity index (χ1n) is 5.92. The number of hydrazine groups is 1. The summed E-state index contributed by atoms with van der Waals surface area (Å²) in [6.07, 6.45) is 3.62. The lowest BCUT2D eigenvalue weighted by Crippen LogP contribution is -2.11. The molecule has 2 aromatic rings. The van der Waals surface area contributed by atoms with Gasteiger partial charge < -0.3 is 5.43 Å². The van der Waals surface area contributed by atoms with E-state index in [4.69, 9.17) is 5.84 Å². The van der Waals surface area contributed by atoms with Crippen LogP contribution in [0.5, 0.6) is 0 Å². The van der Waals surface area contributed by atoms with Gasteiger partial charge in [-0.15, -0.1) is 11.3 Å². The van der Waals surface area contributed by atoms with Crippen molar-refractivity contribution in [1.82, 2.24) is 9.97 Å². The molecule has 3 rings (SSSR count). The fourth-order valence-corrected chi connectivity index (χ4v) is 3.12. The maximum Gasteiger partial charge on any atom is 0.152 e. The summed E-state index contributed by atoms with van der Waals surface area (Å²) in [7, 11) is 0. The van der Waals surface area contributed by atoms with Gasteiger partial charge in [0.1, 0.15) is 10.7 Å². The Morgan fingerprint density at radius 2 is 2.12 bits per heavy atom. The smallest absolute Gasteiger partial charge is 0.152 e. The number of hydrogen-bond acceptors (Lipinski definition) is 5. The highest BCUT2D eigenvalue weighted by Gasteiger charge is 2.24. The first kappa shape index (κ1) is 10.9. The summed E-state index contributed by atoms with van der Waals surface area (Å²) in [5.74, 6) is 8.06. The van der Waals surface area contributed by atoms with Crippen molar-refractivity contribution in [2.75, 3.05) is 5.43 Å². The highest BCUT2D eigenvalue weighted by Crippen LogP contribution is 2.35. The molecule has 2 aromatic heterocycles. The van der Waals surface area contributed by atoms with Crippen molar-refractivity contribution >= 4 is 27.4 Å². The van der Waals surface area contributed by atoms with Gasteiger partial charge in [-0.05, 0) is 38.2 Å². The fourth-order valence-electron chi connectivity index (χ4n) is 2.07. The summed E-state index contributed by atoms with van der Waals surface area (Å²) in [5.41, 5.74) is 3.95. The van der Waals surface area contributed by atoms with E-state index >= 15 is 0 Å². The van der Waals surface area contributed by atoms with Crippen LogP contribution >= 0.6 is 11.3 Å². The molecular weight excluding hydrogens is 232 g/mol. The lowest BCUT2D eigenvalue weighted by Gasteiger charge is -2.05. The average Bonchev–Trinajstić information content (AvgIpc) is 3.06. The second kappa shape index (κ2) is 3.92. The Morgan fingerprint density at radius 3 is 2.76 bits per heavy atom. The van der Waals surface area contributed by atoms with E-state index in [2.05, 4.69) is 29.2 Å². The van der Waals surface area contributed by atoms with Crippen LogP contribution in [-0.4, -0.2) is 9.97 Å². The largest absolute Gasteiger partial charge is 0.308 e. The van der Waals surface area contributed by atoms with Gasteiger partial charge in [0.15, 0.2) is 5.82 Å². The standard InChI is InChI=1S/C12H16N4S/c1-6-7(2)17-12-10(6)11(16-13)14-9(15-12)5-8-3-4-8/h8H,3-5,13H2,1-2H3,(H,14,15,16). The summed E-state index contributed by atoms with van der Waals surface area (Å²) in [6.45, 7) is 4.21. The third kappa shape index (κ3) is 1.89. The quantitative estimate of drug-likeness (QED) is 0.647. The zero-order valence-corrected chi connectivity index (χ0v) is 10.9. The van der Waals surface area contributed by atoms with Gasteiger partial charge in [-0.25, -0.2) is 15.8 Å². The van der Waals surface area contributed by atoms with Gasteiger partial charge >= 0.3 is 0 Å². The minimum Gasteiger partial charge on any atom is -0.308 e. The van der Waals surface area contributed by atoms with Crippen LogP contribution in [0.2, 0.25) is 0 Å². The van der Waals surface area contributed by atoms with E-state index in [-0.39, 0.29) is 0 Å². The van der Waals surface area contributed by atoms with Crippen LogP contribution in [0, 0.1) is 19.8 Å². The highest BCUT2D eigenvalue weighted by molar-refractivity contribution is 7.18. The highest BCUT2D eigenvalue weighted by atomic mass is 32.1. The Hall–Kier alpha value is -1.20. The second-order valence-corrected chi connectivity index (χ2v) is 5.95. The van der Waals surface area contributed by atoms with Crippen molar-refractivity contribution < 1.29 is 0 Å². The van der Waals surface area contributed by atoms with E-state index in [1.165, 1.54) is 23.3 Å². The van der Waals surface area contributed by atoms with Crippen LogP contribution in [0.25, 0.3) is 10.2 Å². The van der Waals surface area contributed by atoms with E-state index < -0.39 is 0 Å². The predicted octanol–water partition coefficient (Wildman–Crippen LogP) is 2.55. The number of hydrogen-bond donors (Lipinski definition) is 2. The average molecular weight is 248 g/mol. The van der Waals surface area contributed by atoms with Crippen molar-refractivity contribution in [2.24, 2.45) is 11.8 Å². The summed E-state index contributed by atoms with van der Waals surface area (Å²) >= 11 is 1.72. The number of nitrogens with one attached hydrogen (secondary N) is 1. The summed E-state index contributed by atoms with van der Waals surface area (Å²) < 4.78 is 0. The van der Waals surface area contributed by atoms with Gasteiger partial charge in [-0.2, -0.15) is 0 Å². The number of rotatable bonds is 3. The molecule has 1 aliphatic carbocycles. The van der Waals surface area contributed by atoms with Crippen LogP contribution in [0.4, 0.5) is 5.82 Å². The zero-order chi connectivity index (χ0) is 12.0. The molecule has 0 atom stereocenters. The molecule has 0 aliphatic heterocycles. The van der Waals surface area contributed by atoms with E-state index in [0.717, 1.165) is 34.2 Å². The molecule has 5 heteroatoms. The molecule has 2 heterocycles. The number of nitrogen functional groups attached to an aromatic ring is 1. The van der Waals surface area contributed by atoms with E-state index in [9.17, 15) is 0 Å². The van der Waals surface area contributed by atoms with Gasteiger partial charge in [0.05, 0.1) is 5.39 Å². The Bertz CT molecular complexity index is 571. The minimum atomic E-state index is 0.771. The first-order chi connectivity index (χ1) is 8.19. The fraction of sp³-hybridized carbons (Fsp3) is 0.500. The molecule has 0 radical (unpaired) electrons. The molecule has 0 aromatic carbocycles. The van der Waals surface area contributed by atoms with Crippen molar-refractivity contribution in [3.63, 3.8) is 0 Å². The van der Waals surface area contributed by atoms with Gasteiger partial charge in [0.25, 0.3) is 0 Å². The molecule has 17 heavy (non-hydrogen) atoms. The van der Waals surface area contributed by atoms with Crippen LogP contribution in [0.15, 0.2) is 0 Å². The lowest BCUT2D eigenvalue weighted by molar-refractivity contribution is 0.777. The maximum atomic E-state index is 5.57. The molecule has 4 nitrogen and oxygen atoms in total. The van der Waals surface area contributed by atoms with Crippen LogP contribution in [-0.2, 0) is 6.42 Å². The van der Waals surface area contributed by atoms with Crippen molar-refractivity contribution in [2.45, 2.75) is 33.1 Å². The lowest BCUT2D eigenvalue weighted by atomic mass is 10.2. The Kier molecular flexibility index (Phi) is 2.52. The third-order valence-corrected chi connectivity index (χ3v) is 4.48. The Labute approximate surface area is 104 Å². The number of anilines is 1. The number of fused-ring (bicyclic) bond motifs is 1. The van der Waals surface area contributed by atoms with Crippen molar-refractivity contribution in [3.8, 4) is 0 Å². The maximum absolute atomic E-state index is 5.57. The van der Waals surface area contributed by atoms with Crippen molar-refractivity contribution in [3.05, 3.63) is 16.3 Å².